The molecule has 0 bridgehead atoms. The Kier molecular flexibility index (Phi) is 2.59. The van der Waals surface area contributed by atoms with Crippen molar-refractivity contribution in [2.75, 3.05) is 0 Å². The molecular formula is C14H13N3O2. The molecule has 1 aliphatic carbocycles. The lowest BCUT2D eigenvalue weighted by Gasteiger charge is -2.05. The average molecular weight is 255 g/mol. The van der Waals surface area contributed by atoms with Gasteiger partial charge in [0.25, 0.3) is 5.56 Å². The van der Waals surface area contributed by atoms with Crippen LogP contribution in [0.15, 0.2) is 47.4 Å². The second kappa shape index (κ2) is 4.28. The minimum atomic E-state index is -0.329. The minimum Gasteiger partial charge on any atom is -0.493 e. The van der Waals surface area contributed by atoms with Gasteiger partial charge in [-0.25, -0.2) is 0 Å². The van der Waals surface area contributed by atoms with Crippen LogP contribution in [0.3, 0.4) is 0 Å². The van der Waals surface area contributed by atoms with Crippen molar-refractivity contribution in [2.45, 2.75) is 6.92 Å². The summed E-state index contributed by atoms with van der Waals surface area (Å²) in [4.78, 5) is 14.8. The number of H-pyrrole nitrogens is 1. The van der Waals surface area contributed by atoms with Crippen molar-refractivity contribution in [1.29, 1.82) is 0 Å². The van der Waals surface area contributed by atoms with Crippen molar-refractivity contribution in [3.8, 4) is 5.88 Å². The Hall–Kier alpha value is -2.56. The predicted octanol–water partition coefficient (Wildman–Crippen LogP) is 1.87. The van der Waals surface area contributed by atoms with Gasteiger partial charge in [-0.3, -0.25) is 4.79 Å². The van der Waals surface area contributed by atoms with E-state index in [1.807, 2.05) is 31.2 Å². The summed E-state index contributed by atoms with van der Waals surface area (Å²) in [5, 5.41) is 14.2. The van der Waals surface area contributed by atoms with Crippen molar-refractivity contribution in [2.24, 2.45) is 5.92 Å². The summed E-state index contributed by atoms with van der Waals surface area (Å²) < 4.78 is 1.31. The van der Waals surface area contributed by atoms with Crippen LogP contribution in [0.25, 0.3) is 11.2 Å². The highest BCUT2D eigenvalue weighted by atomic mass is 16.3. The number of nitrogens with zero attached hydrogens (tertiary/aromatic N) is 2. The molecule has 2 heterocycles. The van der Waals surface area contributed by atoms with E-state index in [-0.39, 0.29) is 17.0 Å². The van der Waals surface area contributed by atoms with Crippen LogP contribution in [0, 0.1) is 5.92 Å². The Morgan fingerprint density at radius 2 is 2.26 bits per heavy atom. The Morgan fingerprint density at radius 1 is 1.42 bits per heavy atom. The van der Waals surface area contributed by atoms with E-state index >= 15 is 0 Å². The van der Waals surface area contributed by atoms with Crippen molar-refractivity contribution in [3.05, 3.63) is 58.6 Å². The van der Waals surface area contributed by atoms with Gasteiger partial charge in [0.15, 0.2) is 0 Å². The Labute approximate surface area is 109 Å². The number of hydrogen-bond donors (Lipinski definition) is 2. The smallest absolute Gasteiger partial charge is 0.262 e. The van der Waals surface area contributed by atoms with Crippen molar-refractivity contribution in [1.82, 2.24) is 14.6 Å². The molecule has 2 aromatic rings. The second-order valence-electron chi connectivity index (χ2n) is 4.51. The zero-order chi connectivity index (χ0) is 13.4. The maximum absolute atomic E-state index is 12.1. The minimum absolute atomic E-state index is 0.150. The van der Waals surface area contributed by atoms with Crippen LogP contribution in [0.5, 0.6) is 5.88 Å². The predicted molar refractivity (Wildman–Crippen MR) is 72.9 cm³/mol. The molecule has 0 aromatic carbocycles. The lowest BCUT2D eigenvalue weighted by molar-refractivity contribution is 0.432. The van der Waals surface area contributed by atoms with E-state index in [1.54, 1.807) is 12.1 Å². The Morgan fingerprint density at radius 3 is 3.11 bits per heavy atom. The van der Waals surface area contributed by atoms with Crippen molar-refractivity contribution in [3.63, 3.8) is 0 Å². The van der Waals surface area contributed by atoms with Gasteiger partial charge in [0.1, 0.15) is 11.2 Å². The van der Waals surface area contributed by atoms with E-state index in [0.29, 0.717) is 17.1 Å². The maximum Gasteiger partial charge on any atom is 0.262 e. The SMILES string of the molecule is CC1C=CC=C(c2c(O)n3nccc3[nH]c2=O)C=C1. The largest absolute Gasteiger partial charge is 0.493 e. The van der Waals surface area contributed by atoms with E-state index in [0.717, 1.165) is 0 Å². The molecule has 3 rings (SSSR count). The molecule has 1 unspecified atom stereocenters. The lowest BCUT2D eigenvalue weighted by Crippen LogP contribution is -2.14. The Balaban J connectivity index is 2.25. The summed E-state index contributed by atoms with van der Waals surface area (Å²) >= 11 is 0. The first kappa shape index (κ1) is 11.5. The van der Waals surface area contributed by atoms with Crippen LogP contribution in [0.1, 0.15) is 12.5 Å². The van der Waals surface area contributed by atoms with Gasteiger partial charge in [-0.2, -0.15) is 9.61 Å². The van der Waals surface area contributed by atoms with Crippen LogP contribution in [0.4, 0.5) is 0 Å². The van der Waals surface area contributed by atoms with E-state index in [1.165, 1.54) is 10.7 Å². The zero-order valence-electron chi connectivity index (χ0n) is 10.4. The summed E-state index contributed by atoms with van der Waals surface area (Å²) in [5.41, 5.74) is 1.03. The molecular weight excluding hydrogens is 242 g/mol. The van der Waals surface area contributed by atoms with Crippen LogP contribution in [-0.4, -0.2) is 19.7 Å². The first-order chi connectivity index (χ1) is 9.16. The first-order valence-electron chi connectivity index (χ1n) is 6.03. The molecule has 0 radical (unpaired) electrons. The quantitative estimate of drug-likeness (QED) is 0.817. The number of hydrogen-bond acceptors (Lipinski definition) is 3. The maximum atomic E-state index is 12.1. The number of aromatic amines is 1. The normalized spacial score (nSPS) is 18.6. The molecule has 5 nitrogen and oxygen atoms in total. The number of nitrogens with one attached hydrogen (secondary N) is 1. The standard InChI is InChI=1S/C14H13N3O2/c1-9-3-2-4-10(6-5-9)12-13(18)16-11-7-8-15-17(11)14(12)19/h2-9,19H,1H3,(H,16,18). The van der Waals surface area contributed by atoms with E-state index in [2.05, 4.69) is 10.1 Å². The molecule has 1 aliphatic rings. The number of fused-ring (bicyclic) bond motifs is 1. The van der Waals surface area contributed by atoms with Crippen molar-refractivity contribution >= 4 is 11.2 Å². The molecule has 5 heteroatoms. The third-order valence-corrected chi connectivity index (χ3v) is 3.09. The molecule has 0 saturated heterocycles. The summed E-state index contributed by atoms with van der Waals surface area (Å²) in [6.07, 6.45) is 11.0. The van der Waals surface area contributed by atoms with Crippen LogP contribution < -0.4 is 5.56 Å². The number of allylic oxidation sites excluding steroid dienone is 6. The topological polar surface area (TPSA) is 70.4 Å². The zero-order valence-corrected chi connectivity index (χ0v) is 10.4. The summed E-state index contributed by atoms with van der Waals surface area (Å²) in [7, 11) is 0. The molecule has 0 amide bonds. The highest BCUT2D eigenvalue weighted by Gasteiger charge is 2.15. The summed E-state index contributed by atoms with van der Waals surface area (Å²) in [6, 6.07) is 1.63. The summed E-state index contributed by atoms with van der Waals surface area (Å²) in [6.45, 7) is 2.05. The average Bonchev–Trinajstić information content (AvgIpc) is 2.73. The van der Waals surface area contributed by atoms with Gasteiger partial charge >= 0.3 is 0 Å². The molecule has 0 spiro atoms. The fraction of sp³-hybridized carbons (Fsp3) is 0.143. The Bertz CT molecular complexity index is 778. The van der Waals surface area contributed by atoms with Crippen molar-refractivity contribution < 1.29 is 5.11 Å². The highest BCUT2D eigenvalue weighted by Crippen LogP contribution is 2.24. The number of rotatable bonds is 1. The molecule has 96 valence electrons. The van der Waals surface area contributed by atoms with Crippen LogP contribution in [-0.2, 0) is 0 Å². The fourth-order valence-corrected chi connectivity index (χ4v) is 2.09. The third-order valence-electron chi connectivity index (χ3n) is 3.09. The molecule has 0 saturated carbocycles. The van der Waals surface area contributed by atoms with E-state index in [4.69, 9.17) is 0 Å². The molecule has 19 heavy (non-hydrogen) atoms. The fourth-order valence-electron chi connectivity index (χ4n) is 2.09. The number of aromatic nitrogens is 3. The van der Waals surface area contributed by atoms with Crippen LogP contribution in [0.2, 0.25) is 0 Å². The van der Waals surface area contributed by atoms with Gasteiger partial charge in [-0.1, -0.05) is 37.3 Å². The number of aromatic hydroxyl groups is 1. The molecule has 2 N–H and O–H groups in total. The van der Waals surface area contributed by atoms with Gasteiger partial charge in [-0.05, 0) is 11.5 Å². The summed E-state index contributed by atoms with van der Waals surface area (Å²) in [5.74, 6) is 0.144. The third kappa shape index (κ3) is 1.89. The van der Waals surface area contributed by atoms with Gasteiger partial charge < -0.3 is 10.1 Å². The van der Waals surface area contributed by atoms with E-state index < -0.39 is 0 Å². The van der Waals surface area contributed by atoms with Gasteiger partial charge in [0.05, 0.1) is 6.20 Å². The van der Waals surface area contributed by atoms with Gasteiger partial charge in [0.2, 0.25) is 5.88 Å². The van der Waals surface area contributed by atoms with E-state index in [9.17, 15) is 9.90 Å². The van der Waals surface area contributed by atoms with Gasteiger partial charge in [0, 0.05) is 6.07 Å². The molecule has 0 fully saturated rings. The first-order valence-corrected chi connectivity index (χ1v) is 6.03. The molecule has 0 aliphatic heterocycles. The van der Waals surface area contributed by atoms with Crippen LogP contribution >= 0.6 is 0 Å². The molecule has 2 aromatic heterocycles. The monoisotopic (exact) mass is 255 g/mol. The highest BCUT2D eigenvalue weighted by molar-refractivity contribution is 5.78. The molecule has 1 atom stereocenters. The lowest BCUT2D eigenvalue weighted by atomic mass is 10.1. The van der Waals surface area contributed by atoms with Gasteiger partial charge in [-0.15, -0.1) is 0 Å². The second-order valence-corrected chi connectivity index (χ2v) is 4.51.